The summed E-state index contributed by atoms with van der Waals surface area (Å²) in [6, 6.07) is 9.99. The Kier molecular flexibility index (Phi) is 6.40. The average Bonchev–Trinajstić information content (AvgIpc) is 2.96. The van der Waals surface area contributed by atoms with E-state index in [0.717, 1.165) is 22.6 Å². The molecule has 0 aliphatic rings. The zero-order valence-electron chi connectivity index (χ0n) is 15.1. The molecule has 1 aromatic heterocycles. The number of rotatable bonds is 7. The summed E-state index contributed by atoms with van der Waals surface area (Å²) >= 11 is 1.56. The molecule has 0 aliphatic heterocycles. The molecule has 2 aromatic rings. The lowest BCUT2D eigenvalue weighted by Crippen LogP contribution is -2.34. The Bertz CT molecular complexity index is 694. The van der Waals surface area contributed by atoms with Gasteiger partial charge in [-0.1, -0.05) is 25.1 Å². The van der Waals surface area contributed by atoms with E-state index in [1.54, 1.807) is 18.4 Å². The molecular weight excluding hydrogens is 320 g/mol. The van der Waals surface area contributed by atoms with E-state index < -0.39 is 0 Å². The molecule has 1 unspecified atom stereocenters. The van der Waals surface area contributed by atoms with E-state index in [1.165, 1.54) is 10.4 Å². The number of amides is 1. The lowest BCUT2D eigenvalue weighted by molar-refractivity contribution is 0.0945. The minimum atomic E-state index is -0.00968. The monoisotopic (exact) mass is 346 g/mol. The molecule has 0 saturated carbocycles. The van der Waals surface area contributed by atoms with Crippen molar-refractivity contribution in [2.24, 2.45) is 0 Å². The first-order valence-electron chi connectivity index (χ1n) is 8.14. The van der Waals surface area contributed by atoms with Gasteiger partial charge in [-0.05, 0) is 45.1 Å². The molecule has 0 saturated heterocycles. The van der Waals surface area contributed by atoms with E-state index in [4.69, 9.17) is 4.74 Å². The van der Waals surface area contributed by atoms with Gasteiger partial charge in [0.25, 0.3) is 5.91 Å². The lowest BCUT2D eigenvalue weighted by atomic mass is 10.0. The zero-order chi connectivity index (χ0) is 17.7. The number of benzene rings is 1. The third-order valence-corrected chi connectivity index (χ3v) is 5.29. The lowest BCUT2D eigenvalue weighted by Gasteiger charge is -2.26. The SMILES string of the molecule is CCc1cc(C(=O)NCC(c2ccccc2OC)N(C)C)sc1C. The molecule has 130 valence electrons. The van der Waals surface area contributed by atoms with Crippen LogP contribution in [0.1, 0.15) is 38.6 Å². The molecule has 0 bridgehead atoms. The summed E-state index contributed by atoms with van der Waals surface area (Å²) in [5, 5.41) is 3.07. The smallest absolute Gasteiger partial charge is 0.261 e. The summed E-state index contributed by atoms with van der Waals surface area (Å²) in [6.07, 6.45) is 0.956. The fraction of sp³-hybridized carbons (Fsp3) is 0.421. The summed E-state index contributed by atoms with van der Waals surface area (Å²) in [7, 11) is 5.69. The molecule has 1 aromatic carbocycles. The van der Waals surface area contributed by atoms with Gasteiger partial charge in [-0.15, -0.1) is 11.3 Å². The zero-order valence-corrected chi connectivity index (χ0v) is 15.9. The Hall–Kier alpha value is -1.85. The largest absolute Gasteiger partial charge is 0.496 e. The molecule has 1 amide bonds. The van der Waals surface area contributed by atoms with E-state index >= 15 is 0 Å². The van der Waals surface area contributed by atoms with Crippen LogP contribution in [0.5, 0.6) is 5.75 Å². The first-order chi connectivity index (χ1) is 11.5. The molecule has 0 spiro atoms. The number of methoxy groups -OCH3 is 1. The summed E-state index contributed by atoms with van der Waals surface area (Å²) in [4.78, 5) is 16.6. The van der Waals surface area contributed by atoms with E-state index in [2.05, 4.69) is 24.1 Å². The summed E-state index contributed by atoms with van der Waals surface area (Å²) < 4.78 is 5.46. The van der Waals surface area contributed by atoms with Gasteiger partial charge < -0.3 is 15.0 Å². The second kappa shape index (κ2) is 8.31. The summed E-state index contributed by atoms with van der Waals surface area (Å²) in [5.41, 5.74) is 2.32. The molecule has 1 atom stereocenters. The van der Waals surface area contributed by atoms with Gasteiger partial charge in [-0.25, -0.2) is 0 Å². The van der Waals surface area contributed by atoms with Gasteiger partial charge in [0, 0.05) is 17.0 Å². The van der Waals surface area contributed by atoms with Crippen LogP contribution < -0.4 is 10.1 Å². The van der Waals surface area contributed by atoms with Crippen molar-refractivity contribution >= 4 is 17.2 Å². The highest BCUT2D eigenvalue weighted by atomic mass is 32.1. The van der Waals surface area contributed by atoms with E-state index in [1.807, 2.05) is 44.4 Å². The number of hydrogen-bond acceptors (Lipinski definition) is 4. The van der Waals surface area contributed by atoms with Crippen molar-refractivity contribution in [1.29, 1.82) is 0 Å². The molecule has 4 nitrogen and oxygen atoms in total. The maximum absolute atomic E-state index is 12.5. The van der Waals surface area contributed by atoms with Crippen LogP contribution in [0.4, 0.5) is 0 Å². The Balaban J connectivity index is 2.12. The van der Waals surface area contributed by atoms with Gasteiger partial charge >= 0.3 is 0 Å². The first kappa shape index (κ1) is 18.5. The number of thiophene rings is 1. The van der Waals surface area contributed by atoms with Gasteiger partial charge in [0.1, 0.15) is 5.75 Å². The van der Waals surface area contributed by atoms with Crippen LogP contribution in [0, 0.1) is 6.92 Å². The molecule has 24 heavy (non-hydrogen) atoms. The normalized spacial score (nSPS) is 12.2. The van der Waals surface area contributed by atoms with Crippen LogP contribution >= 0.6 is 11.3 Å². The number of likely N-dealkylation sites (N-methyl/N-ethyl adjacent to an activating group) is 1. The van der Waals surface area contributed by atoms with Crippen molar-refractivity contribution < 1.29 is 9.53 Å². The third-order valence-electron chi connectivity index (χ3n) is 4.20. The maximum Gasteiger partial charge on any atom is 0.261 e. The molecule has 0 fully saturated rings. The Morgan fingerprint density at radius 3 is 2.62 bits per heavy atom. The first-order valence-corrected chi connectivity index (χ1v) is 8.96. The van der Waals surface area contributed by atoms with E-state index in [9.17, 15) is 4.79 Å². The number of nitrogens with one attached hydrogen (secondary N) is 1. The Labute approximate surface area is 148 Å². The number of hydrogen-bond donors (Lipinski definition) is 1. The van der Waals surface area contributed by atoms with Crippen LogP contribution in [-0.2, 0) is 6.42 Å². The number of carbonyl (C=O) groups is 1. The summed E-state index contributed by atoms with van der Waals surface area (Å²) in [5.74, 6) is 0.829. The number of nitrogens with zero attached hydrogens (tertiary/aromatic N) is 1. The molecule has 5 heteroatoms. The highest BCUT2D eigenvalue weighted by Gasteiger charge is 2.20. The second-order valence-electron chi connectivity index (χ2n) is 5.98. The number of carbonyl (C=O) groups excluding carboxylic acids is 1. The average molecular weight is 346 g/mol. The fourth-order valence-corrected chi connectivity index (χ4v) is 3.80. The number of aryl methyl sites for hydroxylation is 2. The van der Waals surface area contributed by atoms with Crippen molar-refractivity contribution in [1.82, 2.24) is 10.2 Å². The van der Waals surface area contributed by atoms with Crippen molar-refractivity contribution in [3.63, 3.8) is 0 Å². The molecular formula is C19H26N2O2S. The van der Waals surface area contributed by atoms with Gasteiger partial charge in [0.2, 0.25) is 0 Å². The van der Waals surface area contributed by atoms with E-state index in [-0.39, 0.29) is 11.9 Å². The van der Waals surface area contributed by atoms with Crippen LogP contribution in [0.3, 0.4) is 0 Å². The van der Waals surface area contributed by atoms with Gasteiger partial charge in [0.05, 0.1) is 18.0 Å². The van der Waals surface area contributed by atoms with Crippen molar-refractivity contribution in [2.75, 3.05) is 27.7 Å². The minimum absolute atomic E-state index is 0.00968. The van der Waals surface area contributed by atoms with Crippen LogP contribution in [0.15, 0.2) is 30.3 Å². The molecule has 1 N–H and O–H groups in total. The third kappa shape index (κ3) is 4.16. The van der Waals surface area contributed by atoms with Gasteiger partial charge in [-0.2, -0.15) is 0 Å². The van der Waals surface area contributed by atoms with Crippen molar-refractivity contribution in [2.45, 2.75) is 26.3 Å². The quantitative estimate of drug-likeness (QED) is 0.832. The predicted octanol–water partition coefficient (Wildman–Crippen LogP) is 3.66. The fourth-order valence-electron chi connectivity index (χ4n) is 2.77. The minimum Gasteiger partial charge on any atom is -0.496 e. The maximum atomic E-state index is 12.5. The van der Waals surface area contributed by atoms with E-state index in [0.29, 0.717) is 6.54 Å². The van der Waals surface area contributed by atoms with Crippen molar-refractivity contribution in [3.05, 3.63) is 51.2 Å². The Morgan fingerprint density at radius 1 is 1.33 bits per heavy atom. The van der Waals surface area contributed by atoms with Gasteiger partial charge in [-0.3, -0.25) is 4.79 Å². The topological polar surface area (TPSA) is 41.6 Å². The molecule has 1 heterocycles. The van der Waals surface area contributed by atoms with Crippen LogP contribution in [0.2, 0.25) is 0 Å². The summed E-state index contributed by atoms with van der Waals surface area (Å²) in [6.45, 7) is 4.71. The second-order valence-corrected chi connectivity index (χ2v) is 7.23. The highest BCUT2D eigenvalue weighted by Crippen LogP contribution is 2.28. The molecule has 0 aliphatic carbocycles. The van der Waals surface area contributed by atoms with Crippen LogP contribution in [0.25, 0.3) is 0 Å². The molecule has 2 rings (SSSR count). The van der Waals surface area contributed by atoms with Gasteiger partial charge in [0.15, 0.2) is 0 Å². The molecule has 0 radical (unpaired) electrons. The predicted molar refractivity (Wildman–Crippen MR) is 100 cm³/mol. The number of ether oxygens (including phenoxy) is 1. The standard InChI is InChI=1S/C19H26N2O2S/c1-6-14-11-18(24-13(14)2)19(22)20-12-16(21(3)4)15-9-7-8-10-17(15)23-5/h7-11,16H,6,12H2,1-5H3,(H,20,22). The highest BCUT2D eigenvalue weighted by molar-refractivity contribution is 7.14. The van der Waals surface area contributed by atoms with Crippen LogP contribution in [-0.4, -0.2) is 38.6 Å². The Morgan fingerprint density at radius 2 is 2.04 bits per heavy atom. The number of para-hydroxylation sites is 1. The van der Waals surface area contributed by atoms with Crippen molar-refractivity contribution in [3.8, 4) is 5.75 Å².